The average Bonchev–Trinajstić information content (AvgIpc) is 3.05. The molecule has 4 heterocycles. The predicted molar refractivity (Wildman–Crippen MR) is 114 cm³/mol. The van der Waals surface area contributed by atoms with Crippen LogP contribution in [0.3, 0.4) is 0 Å². The largest absolute Gasteiger partial charge is 0.269 e. The Morgan fingerprint density at radius 1 is 1.36 bits per heavy atom. The molecule has 0 aromatic carbocycles. The molecule has 5 rings (SSSR count). The summed E-state index contributed by atoms with van der Waals surface area (Å²) in [6.45, 7) is 4.30. The van der Waals surface area contributed by atoms with Gasteiger partial charge in [-0.1, -0.05) is 24.8 Å². The summed E-state index contributed by atoms with van der Waals surface area (Å²) in [4.78, 5) is 28.8. The molecule has 1 aliphatic carbocycles. The number of aryl methyl sites for hydroxylation is 2. The van der Waals surface area contributed by atoms with E-state index in [4.69, 9.17) is 4.98 Å². The first kappa shape index (κ1) is 17.8. The summed E-state index contributed by atoms with van der Waals surface area (Å²) in [5.41, 5.74) is 3.90. The third-order valence-corrected chi connectivity index (χ3v) is 7.54. The summed E-state index contributed by atoms with van der Waals surface area (Å²) in [7, 11) is 0. The van der Waals surface area contributed by atoms with Crippen molar-refractivity contribution in [3.63, 3.8) is 0 Å². The highest BCUT2D eigenvalue weighted by atomic mass is 32.2. The van der Waals surface area contributed by atoms with E-state index in [0.29, 0.717) is 5.75 Å². The monoisotopic (exact) mass is 408 g/mol. The van der Waals surface area contributed by atoms with Crippen LogP contribution < -0.4 is 5.56 Å². The molecule has 0 saturated carbocycles. The van der Waals surface area contributed by atoms with Gasteiger partial charge in [-0.2, -0.15) is 0 Å². The van der Waals surface area contributed by atoms with Crippen LogP contribution >= 0.6 is 23.1 Å². The Morgan fingerprint density at radius 2 is 2.25 bits per heavy atom. The lowest BCUT2D eigenvalue weighted by molar-refractivity contribution is 0.509. The predicted octanol–water partition coefficient (Wildman–Crippen LogP) is 4.42. The maximum Gasteiger partial charge on any atom is 0.258 e. The van der Waals surface area contributed by atoms with Crippen molar-refractivity contribution in [2.24, 2.45) is 5.92 Å². The van der Waals surface area contributed by atoms with E-state index < -0.39 is 0 Å². The van der Waals surface area contributed by atoms with Crippen molar-refractivity contribution in [1.82, 2.24) is 19.4 Å². The molecular formula is C21H20N4OS2. The third kappa shape index (κ3) is 3.02. The fourth-order valence-corrected chi connectivity index (χ4v) is 6.21. The Morgan fingerprint density at radius 3 is 3.14 bits per heavy atom. The quantitative estimate of drug-likeness (QED) is 0.371. The van der Waals surface area contributed by atoms with Gasteiger partial charge in [0.1, 0.15) is 21.8 Å². The maximum atomic E-state index is 12.4. The molecule has 1 atom stereocenters. The van der Waals surface area contributed by atoms with Crippen molar-refractivity contribution in [3.8, 4) is 0 Å². The zero-order valence-corrected chi connectivity index (χ0v) is 17.4. The molecule has 28 heavy (non-hydrogen) atoms. The van der Waals surface area contributed by atoms with E-state index in [2.05, 4.69) is 16.9 Å². The van der Waals surface area contributed by atoms with E-state index in [9.17, 15) is 4.79 Å². The lowest BCUT2D eigenvalue weighted by Crippen LogP contribution is -2.15. The number of fused-ring (bicyclic) bond motifs is 4. The Bertz CT molecular complexity index is 1260. The van der Waals surface area contributed by atoms with Gasteiger partial charge in [0.05, 0.1) is 5.69 Å². The highest BCUT2D eigenvalue weighted by molar-refractivity contribution is 7.98. The standard InChI is InChI=1S/C21H20N4OS2/c1-12-5-6-15-16(8-12)28-21-18(15)20(22-11-23-21)27-10-14-9-17(26)25-7-3-4-13(2)19(25)24-14/h3-4,7,9,11-12H,5-6,8,10H2,1-2H3/t12-/m0/s1. The zero-order valence-electron chi connectivity index (χ0n) is 15.8. The lowest BCUT2D eigenvalue weighted by Gasteiger charge is -2.18. The minimum atomic E-state index is -0.0426. The molecular weight excluding hydrogens is 388 g/mol. The lowest BCUT2D eigenvalue weighted by atomic mass is 9.89. The van der Waals surface area contributed by atoms with Gasteiger partial charge in [-0.25, -0.2) is 15.0 Å². The molecule has 4 aromatic heterocycles. The normalized spacial score (nSPS) is 16.6. The number of hydrogen-bond donors (Lipinski definition) is 0. The highest BCUT2D eigenvalue weighted by Crippen LogP contribution is 2.40. The molecule has 0 unspecified atom stereocenters. The van der Waals surface area contributed by atoms with Crippen LogP contribution in [0.15, 0.2) is 40.5 Å². The van der Waals surface area contributed by atoms with Gasteiger partial charge in [0.2, 0.25) is 0 Å². The molecule has 0 bridgehead atoms. The van der Waals surface area contributed by atoms with Gasteiger partial charge in [-0.05, 0) is 49.3 Å². The van der Waals surface area contributed by atoms with E-state index in [1.165, 1.54) is 22.2 Å². The van der Waals surface area contributed by atoms with E-state index >= 15 is 0 Å². The van der Waals surface area contributed by atoms with Crippen molar-refractivity contribution in [2.75, 3.05) is 0 Å². The molecule has 0 aliphatic heterocycles. The van der Waals surface area contributed by atoms with Gasteiger partial charge in [0, 0.05) is 28.3 Å². The number of rotatable bonds is 3. The first-order chi connectivity index (χ1) is 13.6. The Hall–Kier alpha value is -2.25. The molecule has 0 N–H and O–H groups in total. The number of hydrogen-bond acceptors (Lipinski definition) is 6. The van der Waals surface area contributed by atoms with E-state index in [1.807, 2.05) is 30.4 Å². The van der Waals surface area contributed by atoms with Crippen LogP contribution in [-0.4, -0.2) is 19.4 Å². The van der Waals surface area contributed by atoms with Gasteiger partial charge >= 0.3 is 0 Å². The second-order valence-corrected chi connectivity index (χ2v) is 9.52. The van der Waals surface area contributed by atoms with Crippen molar-refractivity contribution >= 4 is 39.0 Å². The second kappa shape index (κ2) is 6.97. The summed E-state index contributed by atoms with van der Waals surface area (Å²) in [6.07, 6.45) is 6.89. The van der Waals surface area contributed by atoms with Gasteiger partial charge in [0.25, 0.3) is 5.56 Å². The molecule has 5 nitrogen and oxygen atoms in total. The van der Waals surface area contributed by atoms with Crippen LogP contribution in [0.2, 0.25) is 0 Å². The van der Waals surface area contributed by atoms with Gasteiger partial charge in [-0.15, -0.1) is 11.3 Å². The molecule has 1 aliphatic rings. The zero-order chi connectivity index (χ0) is 19.3. The number of nitrogens with zero attached hydrogens (tertiary/aromatic N) is 4. The minimum absolute atomic E-state index is 0.0426. The van der Waals surface area contributed by atoms with Crippen LogP contribution in [0.1, 0.15) is 35.0 Å². The highest BCUT2D eigenvalue weighted by Gasteiger charge is 2.23. The first-order valence-corrected chi connectivity index (χ1v) is 11.3. The minimum Gasteiger partial charge on any atom is -0.269 e. The van der Waals surface area contributed by atoms with Gasteiger partial charge < -0.3 is 0 Å². The molecule has 7 heteroatoms. The van der Waals surface area contributed by atoms with Crippen LogP contribution in [0.4, 0.5) is 0 Å². The van der Waals surface area contributed by atoms with Crippen LogP contribution in [-0.2, 0) is 18.6 Å². The van der Waals surface area contributed by atoms with Gasteiger partial charge in [0.15, 0.2) is 0 Å². The van der Waals surface area contributed by atoms with E-state index in [0.717, 1.165) is 45.5 Å². The number of pyridine rings is 1. The van der Waals surface area contributed by atoms with Crippen LogP contribution in [0, 0.1) is 12.8 Å². The summed E-state index contributed by atoms with van der Waals surface area (Å²) in [6, 6.07) is 5.48. The molecule has 0 fully saturated rings. The fraction of sp³-hybridized carbons (Fsp3) is 0.333. The number of aromatic nitrogens is 4. The SMILES string of the molecule is Cc1cccn2c(=O)cc(CSc3ncnc4sc5c(c34)CC[C@H](C)C5)nc12. The molecule has 0 saturated heterocycles. The topological polar surface area (TPSA) is 60.2 Å². The van der Waals surface area contributed by atoms with Gasteiger partial charge in [-0.3, -0.25) is 9.20 Å². The summed E-state index contributed by atoms with van der Waals surface area (Å²) >= 11 is 3.46. The van der Waals surface area contributed by atoms with Crippen LogP contribution in [0.25, 0.3) is 15.9 Å². The third-order valence-electron chi connectivity index (χ3n) is 5.35. The Balaban J connectivity index is 1.51. The van der Waals surface area contributed by atoms with E-state index in [-0.39, 0.29) is 5.56 Å². The smallest absolute Gasteiger partial charge is 0.258 e. The molecule has 142 valence electrons. The fourth-order valence-electron chi connectivity index (χ4n) is 3.88. The summed E-state index contributed by atoms with van der Waals surface area (Å²) < 4.78 is 1.60. The number of thioether (sulfide) groups is 1. The number of thiophene rings is 1. The molecule has 4 aromatic rings. The molecule has 0 amide bonds. The van der Waals surface area contributed by atoms with Crippen molar-refractivity contribution in [2.45, 2.75) is 43.9 Å². The molecule has 0 spiro atoms. The first-order valence-electron chi connectivity index (χ1n) is 9.46. The second-order valence-electron chi connectivity index (χ2n) is 7.47. The summed E-state index contributed by atoms with van der Waals surface area (Å²) in [5.74, 6) is 1.36. The Kier molecular flexibility index (Phi) is 4.44. The summed E-state index contributed by atoms with van der Waals surface area (Å²) in [5, 5.41) is 2.22. The van der Waals surface area contributed by atoms with E-state index in [1.54, 1.807) is 34.8 Å². The van der Waals surface area contributed by atoms with Crippen molar-refractivity contribution in [1.29, 1.82) is 0 Å². The average molecular weight is 409 g/mol. The van der Waals surface area contributed by atoms with Crippen LogP contribution in [0.5, 0.6) is 0 Å². The van der Waals surface area contributed by atoms with Crippen molar-refractivity contribution < 1.29 is 0 Å². The Labute approximate surface area is 170 Å². The van der Waals surface area contributed by atoms with Crippen molar-refractivity contribution in [3.05, 3.63) is 62.8 Å². The molecule has 0 radical (unpaired) electrons. The maximum absolute atomic E-state index is 12.4.